The molecule has 1 aliphatic rings. The number of fused-ring (bicyclic) bond motifs is 1. The average Bonchev–Trinajstić information content (AvgIpc) is 3.05. The number of amides is 1. The van der Waals surface area contributed by atoms with Gasteiger partial charge in [-0.2, -0.15) is 0 Å². The highest BCUT2D eigenvalue weighted by Gasteiger charge is 2.35. The molecule has 98 valence electrons. The zero-order valence-corrected chi connectivity index (χ0v) is 10.8. The van der Waals surface area contributed by atoms with Gasteiger partial charge in [0, 0.05) is 28.4 Å². The number of H-pyrrole nitrogens is 1. The highest BCUT2D eigenvalue weighted by Crippen LogP contribution is 2.26. The third-order valence-electron chi connectivity index (χ3n) is 3.25. The molecular weight excluding hydrogens is 264 g/mol. The van der Waals surface area contributed by atoms with Crippen LogP contribution in [-0.4, -0.2) is 44.5 Å². The largest absolute Gasteiger partial charge is 0.480 e. The Morgan fingerprint density at radius 1 is 1.37 bits per heavy atom. The first kappa shape index (κ1) is 12.1. The molecule has 3 rings (SSSR count). The smallest absolute Gasteiger partial charge is 0.327 e. The summed E-state index contributed by atoms with van der Waals surface area (Å²) < 4.78 is 0. The van der Waals surface area contributed by atoms with Crippen molar-refractivity contribution < 1.29 is 14.7 Å². The van der Waals surface area contributed by atoms with E-state index < -0.39 is 12.0 Å². The van der Waals surface area contributed by atoms with Crippen molar-refractivity contribution in [1.82, 2.24) is 9.88 Å². The minimum absolute atomic E-state index is 0.220. The number of benzene rings is 1. The Hall–Kier alpha value is -1.95. The van der Waals surface area contributed by atoms with E-state index in [4.69, 9.17) is 5.11 Å². The maximum atomic E-state index is 12.5. The number of carbonyl (C=O) groups is 2. The summed E-state index contributed by atoms with van der Waals surface area (Å²) in [5.41, 5.74) is 1.43. The third-order valence-corrected chi connectivity index (χ3v) is 4.27. The first-order valence-corrected chi connectivity index (χ1v) is 7.01. The van der Waals surface area contributed by atoms with Gasteiger partial charge in [-0.15, -0.1) is 11.8 Å². The zero-order valence-electron chi connectivity index (χ0n) is 10.00. The number of aromatic nitrogens is 1. The molecule has 1 aromatic heterocycles. The van der Waals surface area contributed by atoms with Crippen LogP contribution in [0.5, 0.6) is 0 Å². The van der Waals surface area contributed by atoms with Crippen LogP contribution in [0.2, 0.25) is 0 Å². The zero-order chi connectivity index (χ0) is 13.4. The molecule has 0 spiro atoms. The van der Waals surface area contributed by atoms with Gasteiger partial charge in [0.05, 0.1) is 5.88 Å². The molecule has 5 nitrogen and oxygen atoms in total. The minimum atomic E-state index is -0.945. The van der Waals surface area contributed by atoms with E-state index in [2.05, 4.69) is 4.98 Å². The van der Waals surface area contributed by atoms with Crippen molar-refractivity contribution in [1.29, 1.82) is 0 Å². The molecule has 6 heteroatoms. The summed E-state index contributed by atoms with van der Waals surface area (Å²) in [6.45, 7) is 0. The van der Waals surface area contributed by atoms with Crippen LogP contribution in [0.3, 0.4) is 0 Å². The van der Waals surface area contributed by atoms with E-state index in [0.29, 0.717) is 17.2 Å². The Balaban J connectivity index is 2.00. The fourth-order valence-electron chi connectivity index (χ4n) is 2.27. The van der Waals surface area contributed by atoms with E-state index in [1.807, 2.05) is 12.1 Å². The number of nitrogens with zero attached hydrogens (tertiary/aromatic N) is 1. The predicted molar refractivity (Wildman–Crippen MR) is 73.2 cm³/mol. The molecule has 1 saturated heterocycles. The summed E-state index contributed by atoms with van der Waals surface area (Å²) in [7, 11) is 0. The SMILES string of the molecule is O=C(O)[C@@H]1CSCN1C(=O)c1cccc2[nH]ccc12. The Bertz CT molecular complexity index is 652. The van der Waals surface area contributed by atoms with Gasteiger partial charge in [-0.1, -0.05) is 6.07 Å². The van der Waals surface area contributed by atoms with Gasteiger partial charge >= 0.3 is 5.97 Å². The fourth-order valence-corrected chi connectivity index (χ4v) is 3.42. The van der Waals surface area contributed by atoms with Crippen molar-refractivity contribution in [3.8, 4) is 0 Å². The number of thioether (sulfide) groups is 1. The molecule has 1 aliphatic heterocycles. The molecule has 1 fully saturated rings. The lowest BCUT2D eigenvalue weighted by Gasteiger charge is -2.20. The lowest BCUT2D eigenvalue weighted by Crippen LogP contribution is -2.41. The summed E-state index contributed by atoms with van der Waals surface area (Å²) in [5.74, 6) is -0.289. The van der Waals surface area contributed by atoms with Crippen molar-refractivity contribution in [3.05, 3.63) is 36.0 Å². The van der Waals surface area contributed by atoms with Crippen molar-refractivity contribution in [2.75, 3.05) is 11.6 Å². The second-order valence-corrected chi connectivity index (χ2v) is 5.37. The number of carbonyl (C=O) groups excluding carboxylic acids is 1. The standard InChI is InChI=1S/C13H12N2O3S/c16-12(15-7-19-6-11(15)13(17)18)9-2-1-3-10-8(9)4-5-14-10/h1-5,11,14H,6-7H2,(H,17,18)/t11-/m0/s1. The molecule has 1 amide bonds. The molecule has 0 bridgehead atoms. The average molecular weight is 276 g/mol. The van der Waals surface area contributed by atoms with Crippen LogP contribution >= 0.6 is 11.8 Å². The second-order valence-electron chi connectivity index (χ2n) is 4.37. The Morgan fingerprint density at radius 2 is 2.21 bits per heavy atom. The number of hydrogen-bond donors (Lipinski definition) is 2. The first-order valence-electron chi connectivity index (χ1n) is 5.86. The Labute approximate surface area is 113 Å². The molecular formula is C13H12N2O3S. The molecule has 0 saturated carbocycles. The number of carboxylic acids is 1. The van der Waals surface area contributed by atoms with Crippen LogP contribution < -0.4 is 0 Å². The molecule has 2 N–H and O–H groups in total. The van der Waals surface area contributed by atoms with E-state index in [-0.39, 0.29) is 5.91 Å². The van der Waals surface area contributed by atoms with Crippen molar-refractivity contribution >= 4 is 34.5 Å². The topological polar surface area (TPSA) is 73.4 Å². The monoisotopic (exact) mass is 276 g/mol. The van der Waals surface area contributed by atoms with Gasteiger partial charge in [0.2, 0.25) is 0 Å². The van der Waals surface area contributed by atoms with Gasteiger partial charge in [0.1, 0.15) is 6.04 Å². The van der Waals surface area contributed by atoms with Crippen LogP contribution in [0, 0.1) is 0 Å². The summed E-state index contributed by atoms with van der Waals surface area (Å²) in [5, 5.41) is 9.97. The van der Waals surface area contributed by atoms with E-state index in [9.17, 15) is 9.59 Å². The highest BCUT2D eigenvalue weighted by atomic mass is 32.2. The molecule has 0 radical (unpaired) electrons. The Kier molecular flexibility index (Phi) is 2.94. The van der Waals surface area contributed by atoms with Crippen molar-refractivity contribution in [2.45, 2.75) is 6.04 Å². The maximum absolute atomic E-state index is 12.5. The predicted octanol–water partition coefficient (Wildman–Crippen LogP) is 1.77. The lowest BCUT2D eigenvalue weighted by atomic mass is 10.1. The van der Waals surface area contributed by atoms with Gasteiger partial charge in [0.15, 0.2) is 0 Å². The number of aliphatic carboxylic acids is 1. The van der Waals surface area contributed by atoms with Crippen LogP contribution in [0.15, 0.2) is 30.5 Å². The van der Waals surface area contributed by atoms with Crippen LogP contribution in [0.1, 0.15) is 10.4 Å². The first-order chi connectivity index (χ1) is 9.18. The summed E-state index contributed by atoms with van der Waals surface area (Å²) in [6.07, 6.45) is 1.77. The van der Waals surface area contributed by atoms with Crippen molar-refractivity contribution in [3.63, 3.8) is 0 Å². The van der Waals surface area contributed by atoms with Crippen molar-refractivity contribution in [2.24, 2.45) is 0 Å². The molecule has 2 aromatic rings. The number of carboxylic acid groups (broad SMARTS) is 1. The van der Waals surface area contributed by atoms with Gasteiger partial charge in [-0.05, 0) is 18.2 Å². The highest BCUT2D eigenvalue weighted by molar-refractivity contribution is 7.99. The van der Waals surface area contributed by atoms with Gasteiger partial charge in [-0.3, -0.25) is 4.79 Å². The summed E-state index contributed by atoms with van der Waals surface area (Å²) in [6, 6.07) is 6.53. The second kappa shape index (κ2) is 4.62. The number of aromatic amines is 1. The van der Waals surface area contributed by atoms with E-state index in [1.165, 1.54) is 16.7 Å². The maximum Gasteiger partial charge on any atom is 0.327 e. The summed E-state index contributed by atoms with van der Waals surface area (Å²) >= 11 is 1.47. The van der Waals surface area contributed by atoms with Crippen LogP contribution in [0.25, 0.3) is 10.9 Å². The fraction of sp³-hybridized carbons (Fsp3) is 0.231. The van der Waals surface area contributed by atoms with Crippen LogP contribution in [0.4, 0.5) is 0 Å². The van der Waals surface area contributed by atoms with Gasteiger partial charge < -0.3 is 15.0 Å². The number of nitrogens with one attached hydrogen (secondary N) is 1. The quantitative estimate of drug-likeness (QED) is 0.876. The number of hydrogen-bond acceptors (Lipinski definition) is 3. The van der Waals surface area contributed by atoms with E-state index in [1.54, 1.807) is 18.3 Å². The van der Waals surface area contributed by atoms with Gasteiger partial charge in [0.25, 0.3) is 5.91 Å². The molecule has 1 atom stereocenters. The van der Waals surface area contributed by atoms with E-state index in [0.717, 1.165) is 10.9 Å². The van der Waals surface area contributed by atoms with E-state index >= 15 is 0 Å². The summed E-state index contributed by atoms with van der Waals surface area (Å²) in [4.78, 5) is 28.1. The molecule has 0 unspecified atom stereocenters. The third kappa shape index (κ3) is 1.98. The molecule has 19 heavy (non-hydrogen) atoms. The van der Waals surface area contributed by atoms with Gasteiger partial charge in [-0.25, -0.2) is 4.79 Å². The Morgan fingerprint density at radius 3 is 3.00 bits per heavy atom. The minimum Gasteiger partial charge on any atom is -0.480 e. The molecule has 1 aromatic carbocycles. The van der Waals surface area contributed by atoms with Crippen LogP contribution in [-0.2, 0) is 4.79 Å². The lowest BCUT2D eigenvalue weighted by molar-refractivity contribution is -0.140. The number of rotatable bonds is 2. The molecule has 2 heterocycles. The normalized spacial score (nSPS) is 18.9. The molecule has 0 aliphatic carbocycles.